The minimum Gasteiger partial charge on any atom is -0.399 e. The van der Waals surface area contributed by atoms with Crippen molar-refractivity contribution in [1.82, 2.24) is 0 Å². The van der Waals surface area contributed by atoms with E-state index in [9.17, 15) is 12.8 Å². The molecule has 2 aromatic rings. The molecule has 20 heavy (non-hydrogen) atoms. The van der Waals surface area contributed by atoms with E-state index in [-0.39, 0.29) is 21.3 Å². The van der Waals surface area contributed by atoms with Gasteiger partial charge in [0.25, 0.3) is 10.0 Å². The van der Waals surface area contributed by atoms with E-state index in [1.165, 1.54) is 43.4 Å². The lowest BCUT2D eigenvalue weighted by atomic mass is 10.3. The lowest BCUT2D eigenvalue weighted by Crippen LogP contribution is -2.27. The molecule has 0 aliphatic heterocycles. The fraction of sp³-hybridized carbons (Fsp3) is 0.0769. The van der Waals surface area contributed by atoms with Crippen LogP contribution in [0.4, 0.5) is 15.8 Å². The van der Waals surface area contributed by atoms with Crippen molar-refractivity contribution in [2.24, 2.45) is 0 Å². The van der Waals surface area contributed by atoms with Gasteiger partial charge in [0.1, 0.15) is 10.7 Å². The van der Waals surface area contributed by atoms with Gasteiger partial charge < -0.3 is 5.73 Å². The number of anilines is 2. The van der Waals surface area contributed by atoms with Crippen LogP contribution in [0.25, 0.3) is 0 Å². The molecule has 0 fully saturated rings. The summed E-state index contributed by atoms with van der Waals surface area (Å²) in [5.41, 5.74) is 5.77. The van der Waals surface area contributed by atoms with Gasteiger partial charge in [0, 0.05) is 12.7 Å². The predicted molar refractivity (Wildman–Crippen MR) is 77.9 cm³/mol. The quantitative estimate of drug-likeness (QED) is 0.886. The topological polar surface area (TPSA) is 63.4 Å². The first-order chi connectivity index (χ1) is 9.34. The molecule has 4 nitrogen and oxygen atoms in total. The molecule has 0 aromatic heterocycles. The summed E-state index contributed by atoms with van der Waals surface area (Å²) in [6.07, 6.45) is 0. The molecule has 2 aromatic carbocycles. The Labute approximate surface area is 121 Å². The summed E-state index contributed by atoms with van der Waals surface area (Å²) >= 11 is 5.90. The van der Waals surface area contributed by atoms with Gasteiger partial charge in [0.2, 0.25) is 0 Å². The average Bonchev–Trinajstić information content (AvgIpc) is 2.41. The summed E-state index contributed by atoms with van der Waals surface area (Å²) in [5.74, 6) is -0.640. The number of sulfonamides is 1. The largest absolute Gasteiger partial charge is 0.399 e. The minimum absolute atomic E-state index is 0.0300. The molecule has 0 amide bonds. The Balaban J connectivity index is 2.56. The zero-order chi connectivity index (χ0) is 14.9. The molecule has 2 N–H and O–H groups in total. The first-order valence-corrected chi connectivity index (χ1v) is 7.44. The highest BCUT2D eigenvalue weighted by Crippen LogP contribution is 2.29. The van der Waals surface area contributed by atoms with E-state index in [1.807, 2.05) is 0 Å². The molecule has 0 spiro atoms. The maximum absolute atomic E-state index is 13.7. The minimum atomic E-state index is -3.99. The van der Waals surface area contributed by atoms with Crippen LogP contribution in [0.2, 0.25) is 5.02 Å². The van der Waals surface area contributed by atoms with Crippen molar-refractivity contribution in [3.05, 3.63) is 53.3 Å². The van der Waals surface area contributed by atoms with Crippen LogP contribution < -0.4 is 10.0 Å². The Morgan fingerprint density at radius 2 is 1.85 bits per heavy atom. The second kappa shape index (κ2) is 5.30. The smallest absolute Gasteiger partial charge is 0.265 e. The van der Waals surface area contributed by atoms with Gasteiger partial charge in [-0.25, -0.2) is 12.8 Å². The monoisotopic (exact) mass is 314 g/mol. The number of benzene rings is 2. The molecule has 0 heterocycles. The predicted octanol–water partition coefficient (Wildman–Crippen LogP) is 2.89. The van der Waals surface area contributed by atoms with Crippen molar-refractivity contribution < 1.29 is 12.8 Å². The van der Waals surface area contributed by atoms with Gasteiger partial charge in [0.15, 0.2) is 0 Å². The summed E-state index contributed by atoms with van der Waals surface area (Å²) < 4.78 is 39.5. The highest BCUT2D eigenvalue weighted by molar-refractivity contribution is 7.93. The molecule has 0 saturated carbocycles. The molecule has 0 radical (unpaired) electrons. The zero-order valence-corrected chi connectivity index (χ0v) is 12.1. The van der Waals surface area contributed by atoms with Crippen molar-refractivity contribution >= 4 is 33.0 Å². The molecule has 0 aliphatic carbocycles. The van der Waals surface area contributed by atoms with E-state index in [1.54, 1.807) is 6.07 Å². The van der Waals surface area contributed by atoms with Crippen LogP contribution in [0.1, 0.15) is 0 Å². The van der Waals surface area contributed by atoms with Crippen molar-refractivity contribution in [1.29, 1.82) is 0 Å². The summed E-state index contributed by atoms with van der Waals surface area (Å²) in [4.78, 5) is -0.162. The molecule has 0 aliphatic rings. The normalized spacial score (nSPS) is 11.3. The van der Waals surface area contributed by atoms with E-state index in [0.29, 0.717) is 0 Å². The maximum atomic E-state index is 13.7. The van der Waals surface area contributed by atoms with Gasteiger partial charge in [-0.1, -0.05) is 23.7 Å². The third-order valence-electron chi connectivity index (χ3n) is 2.79. The van der Waals surface area contributed by atoms with Gasteiger partial charge in [-0.2, -0.15) is 0 Å². The lowest BCUT2D eigenvalue weighted by molar-refractivity contribution is 0.590. The average molecular weight is 315 g/mol. The highest BCUT2D eigenvalue weighted by atomic mass is 35.5. The van der Waals surface area contributed by atoms with E-state index in [4.69, 9.17) is 17.3 Å². The number of para-hydroxylation sites is 1. The van der Waals surface area contributed by atoms with Crippen LogP contribution in [0, 0.1) is 5.82 Å². The first kappa shape index (κ1) is 14.6. The second-order valence-corrected chi connectivity index (χ2v) is 6.46. The third-order valence-corrected chi connectivity index (χ3v) is 5.04. The van der Waals surface area contributed by atoms with Crippen LogP contribution in [0.5, 0.6) is 0 Å². The van der Waals surface area contributed by atoms with E-state index < -0.39 is 15.8 Å². The van der Waals surface area contributed by atoms with E-state index in [0.717, 1.165) is 4.31 Å². The number of halogens is 2. The standard InChI is InChI=1S/C13H12ClFN2O2S/c1-17(12-5-3-2-4-11(12)15)20(18,19)13-8-9(16)6-7-10(13)14/h2-8H,16H2,1H3. The van der Waals surface area contributed by atoms with Crippen molar-refractivity contribution in [2.45, 2.75) is 4.90 Å². The molecule has 2 rings (SSSR count). The molecule has 0 unspecified atom stereocenters. The van der Waals surface area contributed by atoms with Crippen molar-refractivity contribution in [2.75, 3.05) is 17.1 Å². The number of nitrogen functional groups attached to an aromatic ring is 1. The Morgan fingerprint density at radius 3 is 2.50 bits per heavy atom. The summed E-state index contributed by atoms with van der Waals surface area (Å²) in [6.45, 7) is 0. The lowest BCUT2D eigenvalue weighted by Gasteiger charge is -2.20. The van der Waals surface area contributed by atoms with E-state index >= 15 is 0 Å². The van der Waals surface area contributed by atoms with Gasteiger partial charge in [-0.3, -0.25) is 4.31 Å². The SMILES string of the molecule is CN(c1ccccc1F)S(=O)(=O)c1cc(N)ccc1Cl. The number of rotatable bonds is 3. The Morgan fingerprint density at radius 1 is 1.20 bits per heavy atom. The molecule has 0 bridgehead atoms. The second-order valence-electron chi connectivity index (χ2n) is 4.11. The third kappa shape index (κ3) is 2.57. The van der Waals surface area contributed by atoms with E-state index in [2.05, 4.69) is 0 Å². The van der Waals surface area contributed by atoms with Crippen LogP contribution in [0.15, 0.2) is 47.4 Å². The van der Waals surface area contributed by atoms with Gasteiger partial charge in [-0.15, -0.1) is 0 Å². The highest BCUT2D eigenvalue weighted by Gasteiger charge is 2.25. The molecule has 106 valence electrons. The van der Waals surface area contributed by atoms with Crippen LogP contribution in [-0.2, 0) is 10.0 Å². The fourth-order valence-electron chi connectivity index (χ4n) is 1.70. The fourth-order valence-corrected chi connectivity index (χ4v) is 3.41. The summed E-state index contributed by atoms with van der Waals surface area (Å²) in [7, 11) is -2.73. The number of nitrogens with zero attached hydrogens (tertiary/aromatic N) is 1. The number of hydrogen-bond acceptors (Lipinski definition) is 3. The van der Waals surface area contributed by atoms with Crippen LogP contribution >= 0.6 is 11.6 Å². The molecular weight excluding hydrogens is 303 g/mol. The zero-order valence-electron chi connectivity index (χ0n) is 10.5. The first-order valence-electron chi connectivity index (χ1n) is 5.62. The van der Waals surface area contributed by atoms with Gasteiger partial charge in [0.05, 0.1) is 10.7 Å². The summed E-state index contributed by atoms with van der Waals surface area (Å²) in [6, 6.07) is 9.70. The molecule has 0 saturated heterocycles. The summed E-state index contributed by atoms with van der Waals surface area (Å²) in [5, 5.41) is 0.0300. The van der Waals surface area contributed by atoms with Crippen LogP contribution in [0.3, 0.4) is 0 Å². The molecule has 0 atom stereocenters. The van der Waals surface area contributed by atoms with Gasteiger partial charge in [-0.05, 0) is 30.3 Å². The van der Waals surface area contributed by atoms with Crippen molar-refractivity contribution in [3.63, 3.8) is 0 Å². The maximum Gasteiger partial charge on any atom is 0.265 e. The Kier molecular flexibility index (Phi) is 3.87. The number of hydrogen-bond donors (Lipinski definition) is 1. The Bertz CT molecular complexity index is 750. The van der Waals surface area contributed by atoms with Gasteiger partial charge >= 0.3 is 0 Å². The molecule has 7 heteroatoms. The van der Waals surface area contributed by atoms with Crippen molar-refractivity contribution in [3.8, 4) is 0 Å². The molecular formula is C13H12ClFN2O2S. The van der Waals surface area contributed by atoms with Crippen LogP contribution in [-0.4, -0.2) is 15.5 Å². The Hall–Kier alpha value is -1.79. The number of nitrogens with two attached hydrogens (primary N) is 1.